The largest absolute Gasteiger partial charge is 0.345 e. The molecule has 1 saturated carbocycles. The van der Waals surface area contributed by atoms with E-state index >= 15 is 0 Å². The lowest BCUT2D eigenvalue weighted by Crippen LogP contribution is -2.43. The molecule has 0 unspecified atom stereocenters. The van der Waals surface area contributed by atoms with Crippen molar-refractivity contribution < 1.29 is 4.79 Å². The van der Waals surface area contributed by atoms with Crippen LogP contribution in [-0.2, 0) is 13.1 Å². The number of hydrogen-bond acceptors (Lipinski definition) is 1. The van der Waals surface area contributed by atoms with E-state index in [9.17, 15) is 4.79 Å². The maximum Gasteiger partial charge on any atom is 0.322 e. The molecule has 4 nitrogen and oxygen atoms in total. The molecule has 2 amide bonds. The van der Waals surface area contributed by atoms with Crippen LogP contribution in [-0.4, -0.2) is 21.5 Å². The van der Waals surface area contributed by atoms with Crippen LogP contribution in [0.15, 0.2) is 66.9 Å². The number of benzene rings is 2. The first kappa shape index (κ1) is 21.5. The quantitative estimate of drug-likeness (QED) is 0.450. The third kappa shape index (κ3) is 5.50. The third-order valence-electron chi connectivity index (χ3n) is 6.16. The van der Waals surface area contributed by atoms with Crippen molar-refractivity contribution in [2.75, 3.05) is 5.32 Å². The minimum absolute atomic E-state index is 0.0169. The SMILES string of the molecule is Cc1ccccc1NC(=O)N(Cc1cccn1Cc1cccc(Cl)c1)C1CCCCC1. The topological polar surface area (TPSA) is 37.3 Å². The summed E-state index contributed by atoms with van der Waals surface area (Å²) < 4.78 is 2.21. The Kier molecular flexibility index (Phi) is 6.98. The molecule has 0 bridgehead atoms. The summed E-state index contributed by atoms with van der Waals surface area (Å²) in [5, 5.41) is 3.90. The Morgan fingerprint density at radius 1 is 1.06 bits per heavy atom. The number of nitrogens with zero attached hydrogens (tertiary/aromatic N) is 2. The number of aromatic nitrogens is 1. The van der Waals surface area contributed by atoms with Crippen LogP contribution in [0, 0.1) is 6.92 Å². The summed E-state index contributed by atoms with van der Waals surface area (Å²) in [5.74, 6) is 0. The molecule has 3 aromatic rings. The van der Waals surface area contributed by atoms with E-state index < -0.39 is 0 Å². The fourth-order valence-electron chi connectivity index (χ4n) is 4.41. The highest BCUT2D eigenvalue weighted by Crippen LogP contribution is 2.26. The van der Waals surface area contributed by atoms with Gasteiger partial charge in [0.05, 0.1) is 6.54 Å². The second kappa shape index (κ2) is 10.1. The number of carbonyl (C=O) groups is 1. The molecule has 31 heavy (non-hydrogen) atoms. The molecule has 2 aromatic carbocycles. The number of rotatable bonds is 6. The number of amides is 2. The molecule has 1 heterocycles. The van der Waals surface area contributed by atoms with Crippen molar-refractivity contribution in [1.82, 2.24) is 9.47 Å². The number of urea groups is 1. The summed E-state index contributed by atoms with van der Waals surface area (Å²) in [6.45, 7) is 3.35. The molecule has 5 heteroatoms. The predicted octanol–water partition coefficient (Wildman–Crippen LogP) is 6.87. The first-order chi connectivity index (χ1) is 15.1. The number of para-hydroxylation sites is 1. The molecule has 1 fully saturated rings. The van der Waals surface area contributed by atoms with Crippen LogP contribution in [0.25, 0.3) is 0 Å². The number of aryl methyl sites for hydroxylation is 1. The number of carbonyl (C=O) groups excluding carboxylic acids is 1. The lowest BCUT2D eigenvalue weighted by atomic mass is 9.94. The fourth-order valence-corrected chi connectivity index (χ4v) is 4.63. The van der Waals surface area contributed by atoms with Crippen molar-refractivity contribution in [3.05, 3.63) is 88.7 Å². The fraction of sp³-hybridized carbons (Fsp3) is 0.346. The van der Waals surface area contributed by atoms with Gasteiger partial charge in [-0.15, -0.1) is 0 Å². The third-order valence-corrected chi connectivity index (χ3v) is 6.40. The highest BCUT2D eigenvalue weighted by Gasteiger charge is 2.26. The summed E-state index contributed by atoms with van der Waals surface area (Å²) in [5.41, 5.74) is 4.23. The molecule has 4 rings (SSSR count). The van der Waals surface area contributed by atoms with Crippen LogP contribution in [0.4, 0.5) is 10.5 Å². The molecule has 1 N–H and O–H groups in total. The second-order valence-electron chi connectivity index (χ2n) is 8.42. The van der Waals surface area contributed by atoms with Crippen molar-refractivity contribution in [3.8, 4) is 0 Å². The summed E-state index contributed by atoms with van der Waals surface area (Å²) >= 11 is 6.17. The monoisotopic (exact) mass is 435 g/mol. The summed E-state index contributed by atoms with van der Waals surface area (Å²) in [6, 6.07) is 20.3. The summed E-state index contributed by atoms with van der Waals surface area (Å²) in [7, 11) is 0. The molecular weight excluding hydrogens is 406 g/mol. The molecule has 1 aliphatic carbocycles. The van der Waals surface area contributed by atoms with Crippen LogP contribution in [0.3, 0.4) is 0 Å². The maximum atomic E-state index is 13.4. The van der Waals surface area contributed by atoms with Crippen molar-refractivity contribution in [3.63, 3.8) is 0 Å². The summed E-state index contributed by atoms with van der Waals surface area (Å²) in [6.07, 6.45) is 7.83. The van der Waals surface area contributed by atoms with E-state index in [-0.39, 0.29) is 12.1 Å². The van der Waals surface area contributed by atoms with E-state index in [4.69, 9.17) is 11.6 Å². The van der Waals surface area contributed by atoms with Gasteiger partial charge in [0.1, 0.15) is 0 Å². The molecule has 0 spiro atoms. The zero-order valence-corrected chi connectivity index (χ0v) is 18.8. The van der Waals surface area contributed by atoms with Crippen molar-refractivity contribution >= 4 is 23.3 Å². The Hall–Kier alpha value is -2.72. The van der Waals surface area contributed by atoms with Crippen molar-refractivity contribution in [2.45, 2.75) is 58.2 Å². The predicted molar refractivity (Wildman–Crippen MR) is 128 cm³/mol. The van der Waals surface area contributed by atoms with Gasteiger partial charge >= 0.3 is 6.03 Å². The van der Waals surface area contributed by atoms with Gasteiger partial charge in [-0.05, 0) is 61.2 Å². The minimum Gasteiger partial charge on any atom is -0.345 e. The zero-order valence-electron chi connectivity index (χ0n) is 18.1. The zero-order chi connectivity index (χ0) is 21.6. The molecule has 162 valence electrons. The van der Waals surface area contributed by atoms with Crippen LogP contribution < -0.4 is 5.32 Å². The lowest BCUT2D eigenvalue weighted by molar-refractivity contribution is 0.161. The molecule has 0 saturated heterocycles. The molecule has 0 atom stereocenters. The number of anilines is 1. The molecular formula is C26H30ClN3O. The van der Waals surface area contributed by atoms with Gasteiger partial charge in [0.25, 0.3) is 0 Å². The summed E-state index contributed by atoms with van der Waals surface area (Å²) in [4.78, 5) is 15.4. The van der Waals surface area contributed by atoms with Gasteiger partial charge in [-0.3, -0.25) is 0 Å². The van der Waals surface area contributed by atoms with Crippen LogP contribution in [0.2, 0.25) is 5.02 Å². The molecule has 0 radical (unpaired) electrons. The van der Waals surface area contributed by atoms with Crippen LogP contribution in [0.1, 0.15) is 48.9 Å². The number of halogens is 1. The second-order valence-corrected chi connectivity index (χ2v) is 8.86. The highest BCUT2D eigenvalue weighted by molar-refractivity contribution is 6.30. The van der Waals surface area contributed by atoms with Crippen molar-refractivity contribution in [2.24, 2.45) is 0 Å². The Bertz CT molecular complexity index is 1020. The molecule has 1 aliphatic rings. The standard InChI is InChI=1S/C26H30ClN3O/c1-20-9-5-6-15-25(20)28-26(31)30(23-12-3-2-4-13-23)19-24-14-8-16-29(24)18-21-10-7-11-22(27)17-21/h5-11,14-17,23H,2-4,12-13,18-19H2,1H3,(H,28,31). The normalized spacial score (nSPS) is 14.4. The lowest BCUT2D eigenvalue weighted by Gasteiger charge is -2.35. The van der Waals surface area contributed by atoms with E-state index in [2.05, 4.69) is 34.3 Å². The van der Waals surface area contributed by atoms with E-state index in [0.29, 0.717) is 6.54 Å². The Labute approximate surface area is 189 Å². The van der Waals surface area contributed by atoms with Crippen molar-refractivity contribution in [1.29, 1.82) is 0 Å². The van der Waals surface area contributed by atoms with Crippen LogP contribution >= 0.6 is 11.6 Å². The van der Waals surface area contributed by atoms with Gasteiger partial charge in [0.2, 0.25) is 0 Å². The molecule has 1 aromatic heterocycles. The van der Waals surface area contributed by atoms with Crippen LogP contribution in [0.5, 0.6) is 0 Å². The van der Waals surface area contributed by atoms with E-state index in [1.54, 1.807) is 0 Å². The average Bonchev–Trinajstić information content (AvgIpc) is 3.21. The van der Waals surface area contributed by atoms with E-state index in [0.717, 1.165) is 46.9 Å². The van der Waals surface area contributed by atoms with Gasteiger partial charge < -0.3 is 14.8 Å². The highest BCUT2D eigenvalue weighted by atomic mass is 35.5. The smallest absolute Gasteiger partial charge is 0.322 e. The number of nitrogens with one attached hydrogen (secondary N) is 1. The molecule has 0 aliphatic heterocycles. The first-order valence-corrected chi connectivity index (χ1v) is 11.5. The average molecular weight is 436 g/mol. The van der Waals surface area contributed by atoms with Gasteiger partial charge in [0, 0.05) is 35.2 Å². The number of hydrogen-bond donors (Lipinski definition) is 1. The van der Waals surface area contributed by atoms with E-state index in [1.165, 1.54) is 19.3 Å². The van der Waals surface area contributed by atoms with Gasteiger partial charge in [-0.1, -0.05) is 61.2 Å². The minimum atomic E-state index is -0.0169. The van der Waals surface area contributed by atoms with E-state index in [1.807, 2.05) is 54.3 Å². The van der Waals surface area contributed by atoms with Gasteiger partial charge in [-0.2, -0.15) is 0 Å². The van der Waals surface area contributed by atoms with Gasteiger partial charge in [0.15, 0.2) is 0 Å². The Balaban J connectivity index is 1.55. The Morgan fingerprint density at radius 3 is 2.65 bits per heavy atom. The van der Waals surface area contributed by atoms with Gasteiger partial charge in [-0.25, -0.2) is 4.79 Å². The maximum absolute atomic E-state index is 13.4. The first-order valence-electron chi connectivity index (χ1n) is 11.1. The Morgan fingerprint density at radius 2 is 1.87 bits per heavy atom.